The summed E-state index contributed by atoms with van der Waals surface area (Å²) in [5.41, 5.74) is 3.30. The predicted octanol–water partition coefficient (Wildman–Crippen LogP) is 0.481. The van der Waals surface area contributed by atoms with Gasteiger partial charge >= 0.3 is 23.1 Å². The number of hydrogen-bond donors (Lipinski definition) is 1. The third kappa shape index (κ3) is 42.7. The standard InChI is InChI=1S/C10H20OSi.C6H8O.CH3.BrH.Mg/c1-10(11)8-6-5-7-9-12(2,3)4;1-2-3-4-5-6-7;;;/h10-11H,5-6,8H2,1-4H3;1,6H,3-5H2;1H3;1H;/q;;-1;;+2/p-1. The Bertz CT molecular complexity index is 322. The van der Waals surface area contributed by atoms with Crippen molar-refractivity contribution < 1.29 is 26.9 Å². The maximum atomic E-state index is 9.61. The van der Waals surface area contributed by atoms with Gasteiger partial charge < -0.3 is 34.3 Å². The van der Waals surface area contributed by atoms with E-state index >= 15 is 0 Å². The van der Waals surface area contributed by atoms with Crippen LogP contribution in [0.5, 0.6) is 0 Å². The Labute approximate surface area is 166 Å². The molecule has 0 aromatic heterocycles. The number of unbranched alkanes of at least 4 members (excludes halogenated alkanes) is 3. The van der Waals surface area contributed by atoms with E-state index in [2.05, 4.69) is 37.0 Å². The van der Waals surface area contributed by atoms with Crippen molar-refractivity contribution in [2.45, 2.75) is 71.2 Å². The molecule has 0 aromatic carbocycles. The molecule has 0 fully saturated rings. The van der Waals surface area contributed by atoms with Crippen molar-refractivity contribution in [1.29, 1.82) is 0 Å². The van der Waals surface area contributed by atoms with Gasteiger partial charge in [-0.1, -0.05) is 19.6 Å². The Hall–Kier alpha value is 0.213. The van der Waals surface area contributed by atoms with Crippen LogP contribution in [0.15, 0.2) is 0 Å². The zero-order chi connectivity index (χ0) is 15.1. The Balaban J connectivity index is -0.0000000850. The first-order valence-electron chi connectivity index (χ1n) is 6.88. The Morgan fingerprint density at radius 3 is 2.14 bits per heavy atom. The van der Waals surface area contributed by atoms with E-state index in [-0.39, 0.29) is 53.6 Å². The molecule has 0 aliphatic carbocycles. The largest absolute Gasteiger partial charge is 2.00 e. The van der Waals surface area contributed by atoms with Gasteiger partial charge in [-0.2, -0.15) is 0 Å². The van der Waals surface area contributed by atoms with Crippen molar-refractivity contribution in [2.75, 3.05) is 0 Å². The Kier molecular flexibility index (Phi) is 36.0. The topological polar surface area (TPSA) is 37.3 Å². The average molecular weight is 400 g/mol. The van der Waals surface area contributed by atoms with Crippen LogP contribution in [-0.2, 0) is 4.79 Å². The predicted molar refractivity (Wildman–Crippen MR) is 97.6 cm³/mol. The molecule has 0 bridgehead atoms. The second-order valence-electron chi connectivity index (χ2n) is 5.56. The number of terminal acetylenes is 1. The Morgan fingerprint density at radius 2 is 1.77 bits per heavy atom. The molecule has 0 spiro atoms. The van der Waals surface area contributed by atoms with Gasteiger partial charge in [-0.15, -0.1) is 23.8 Å². The number of carbonyl (C=O) groups is 1. The number of hydrogen-bond acceptors (Lipinski definition) is 2. The first kappa shape index (κ1) is 33.7. The molecule has 1 unspecified atom stereocenters. The maximum Gasteiger partial charge on any atom is 2.00 e. The molecule has 0 aliphatic rings. The molecule has 0 aromatic rings. The van der Waals surface area contributed by atoms with Crippen molar-refractivity contribution in [3.63, 3.8) is 0 Å². The quantitative estimate of drug-likeness (QED) is 0.232. The van der Waals surface area contributed by atoms with Crippen LogP contribution in [0.3, 0.4) is 0 Å². The molecule has 0 saturated carbocycles. The van der Waals surface area contributed by atoms with Crippen LogP contribution in [0.25, 0.3) is 0 Å². The van der Waals surface area contributed by atoms with Crippen LogP contribution in [0, 0.1) is 31.2 Å². The molecule has 1 atom stereocenters. The summed E-state index contributed by atoms with van der Waals surface area (Å²) < 4.78 is 0. The van der Waals surface area contributed by atoms with Gasteiger partial charge in [-0.3, -0.25) is 0 Å². The second-order valence-corrected chi connectivity index (χ2v) is 10.3. The normalized spacial score (nSPS) is 9.64. The number of carbonyl (C=O) groups excluding carboxylic acids is 1. The molecule has 0 amide bonds. The summed E-state index contributed by atoms with van der Waals surface area (Å²) in [6.07, 6.45) is 10.6. The molecular formula is C17H31BrMgO2Si. The zero-order valence-corrected chi connectivity index (χ0v) is 18.9. The molecule has 124 valence electrons. The van der Waals surface area contributed by atoms with Crippen molar-refractivity contribution in [1.82, 2.24) is 0 Å². The van der Waals surface area contributed by atoms with E-state index in [0.717, 1.165) is 38.4 Å². The molecule has 0 rings (SSSR count). The van der Waals surface area contributed by atoms with Gasteiger partial charge in [0.2, 0.25) is 0 Å². The van der Waals surface area contributed by atoms with E-state index in [9.17, 15) is 4.79 Å². The average Bonchev–Trinajstić information content (AvgIpc) is 2.28. The molecular weight excluding hydrogens is 368 g/mol. The summed E-state index contributed by atoms with van der Waals surface area (Å²) in [5.74, 6) is 5.62. The fourth-order valence-corrected chi connectivity index (χ4v) is 1.76. The number of aldehydes is 1. The monoisotopic (exact) mass is 398 g/mol. The van der Waals surface area contributed by atoms with Gasteiger partial charge in [0.05, 0.1) is 6.10 Å². The van der Waals surface area contributed by atoms with Gasteiger partial charge in [-0.25, -0.2) is 0 Å². The van der Waals surface area contributed by atoms with E-state index in [1.807, 2.05) is 6.92 Å². The fourth-order valence-electron chi connectivity index (χ4n) is 1.10. The summed E-state index contributed by atoms with van der Waals surface area (Å²) in [4.78, 5) is 9.61. The first-order valence-corrected chi connectivity index (χ1v) is 10.4. The van der Waals surface area contributed by atoms with Crippen molar-refractivity contribution in [2.24, 2.45) is 0 Å². The number of aliphatic hydroxyl groups excluding tert-OH is 1. The van der Waals surface area contributed by atoms with Crippen LogP contribution >= 0.6 is 0 Å². The molecule has 0 aliphatic heterocycles. The maximum absolute atomic E-state index is 9.61. The summed E-state index contributed by atoms with van der Waals surface area (Å²) in [7, 11) is -1.16. The molecule has 5 heteroatoms. The van der Waals surface area contributed by atoms with E-state index in [4.69, 9.17) is 11.5 Å². The summed E-state index contributed by atoms with van der Waals surface area (Å²) in [6, 6.07) is 0. The van der Waals surface area contributed by atoms with Crippen molar-refractivity contribution >= 4 is 37.4 Å². The number of aliphatic hydroxyl groups is 1. The van der Waals surface area contributed by atoms with Gasteiger partial charge in [0.25, 0.3) is 0 Å². The molecule has 0 heterocycles. The third-order valence-electron chi connectivity index (χ3n) is 2.03. The van der Waals surface area contributed by atoms with Crippen molar-refractivity contribution in [3.05, 3.63) is 7.43 Å². The van der Waals surface area contributed by atoms with Gasteiger partial charge in [0.1, 0.15) is 14.4 Å². The van der Waals surface area contributed by atoms with Crippen LogP contribution in [-0.4, -0.2) is 48.6 Å². The van der Waals surface area contributed by atoms with Crippen LogP contribution in [0.2, 0.25) is 19.6 Å². The van der Waals surface area contributed by atoms with Crippen molar-refractivity contribution in [3.8, 4) is 23.8 Å². The molecule has 0 radical (unpaired) electrons. The third-order valence-corrected chi connectivity index (χ3v) is 2.96. The summed E-state index contributed by atoms with van der Waals surface area (Å²) in [6.45, 7) is 8.56. The minimum atomic E-state index is -1.16. The number of rotatable bonds is 6. The summed E-state index contributed by atoms with van der Waals surface area (Å²) >= 11 is 0. The van der Waals surface area contributed by atoms with E-state index < -0.39 is 8.07 Å². The Morgan fingerprint density at radius 1 is 1.23 bits per heavy atom. The molecule has 0 saturated heterocycles. The minimum absolute atomic E-state index is 0. The van der Waals surface area contributed by atoms with E-state index in [1.54, 1.807) is 0 Å². The summed E-state index contributed by atoms with van der Waals surface area (Å²) in [5, 5.41) is 8.97. The van der Waals surface area contributed by atoms with E-state index in [1.165, 1.54) is 0 Å². The van der Waals surface area contributed by atoms with E-state index in [0.29, 0.717) is 6.42 Å². The van der Waals surface area contributed by atoms with Gasteiger partial charge in [0.15, 0.2) is 0 Å². The SMILES string of the molecule is C#CCCCC=O.CC(O)CCCC#C[Si](C)(C)C.[Br-].[CH3-].[Mg+2]. The van der Waals surface area contributed by atoms with Crippen LogP contribution in [0.1, 0.15) is 45.4 Å². The molecule has 22 heavy (non-hydrogen) atoms. The molecule has 1 N–H and O–H groups in total. The zero-order valence-electron chi connectivity index (χ0n) is 14.9. The van der Waals surface area contributed by atoms with Gasteiger partial charge in [-0.05, 0) is 26.2 Å². The van der Waals surface area contributed by atoms with Gasteiger partial charge in [0, 0.05) is 19.3 Å². The van der Waals surface area contributed by atoms with Crippen LogP contribution < -0.4 is 17.0 Å². The molecule has 2 nitrogen and oxygen atoms in total. The fraction of sp³-hybridized carbons (Fsp3) is 0.647. The second kappa shape index (κ2) is 23.5. The van der Waals surface area contributed by atoms with Crippen LogP contribution in [0.4, 0.5) is 0 Å². The first-order chi connectivity index (χ1) is 8.83. The minimum Gasteiger partial charge on any atom is -1.00 e. The smallest absolute Gasteiger partial charge is 1.00 e. The number of halogens is 1.